The van der Waals surface area contributed by atoms with Crippen LogP contribution in [0.15, 0.2) is 24.3 Å². The van der Waals surface area contributed by atoms with E-state index in [1.165, 1.54) is 6.07 Å². The van der Waals surface area contributed by atoms with Gasteiger partial charge in [-0.2, -0.15) is 13.2 Å². The summed E-state index contributed by atoms with van der Waals surface area (Å²) in [5.41, 5.74) is -0.783. The normalized spacial score (nSPS) is 26.6. The summed E-state index contributed by atoms with van der Waals surface area (Å²) in [7, 11) is 0. The molecule has 4 heterocycles. The third kappa shape index (κ3) is 3.57. The summed E-state index contributed by atoms with van der Waals surface area (Å²) in [4.78, 5) is 15.7. The number of nitrogens with one attached hydrogen (secondary N) is 1. The molecule has 2 aromatic rings. The lowest BCUT2D eigenvalue weighted by molar-refractivity contribution is -0.137. The Morgan fingerprint density at radius 1 is 1.22 bits per heavy atom. The van der Waals surface area contributed by atoms with Crippen LogP contribution in [0, 0.1) is 5.92 Å². The Balaban J connectivity index is 0.00000210. The fourth-order valence-electron chi connectivity index (χ4n) is 4.41. The predicted molar refractivity (Wildman–Crippen MR) is 104 cm³/mol. The van der Waals surface area contributed by atoms with Gasteiger partial charge < -0.3 is 5.32 Å². The number of piperidine rings is 3. The molecule has 148 valence electrons. The molecule has 3 aliphatic rings. The molecule has 3 fully saturated rings. The molecule has 8 heteroatoms. The highest BCUT2D eigenvalue weighted by molar-refractivity contribution is 7.20. The molecule has 5 rings (SSSR count). The molecule has 1 aromatic heterocycles. The molecule has 3 aliphatic heterocycles. The van der Waals surface area contributed by atoms with E-state index in [4.69, 9.17) is 0 Å². The van der Waals surface area contributed by atoms with Gasteiger partial charge >= 0.3 is 6.18 Å². The summed E-state index contributed by atoms with van der Waals surface area (Å²) in [6.07, 6.45) is -2.22. The molecule has 2 bridgehead atoms. The molecule has 0 radical (unpaired) electrons. The van der Waals surface area contributed by atoms with Crippen LogP contribution in [0.1, 0.15) is 41.9 Å². The van der Waals surface area contributed by atoms with Crippen molar-refractivity contribution < 1.29 is 18.0 Å². The van der Waals surface area contributed by atoms with Crippen molar-refractivity contribution in [2.24, 2.45) is 5.92 Å². The number of fused-ring (bicyclic) bond motifs is 4. The zero-order valence-corrected chi connectivity index (χ0v) is 16.7. The number of nitrogens with zero attached hydrogens (tertiary/aromatic N) is 1. The Morgan fingerprint density at radius 3 is 2.48 bits per heavy atom. The van der Waals surface area contributed by atoms with Crippen LogP contribution in [0.25, 0.3) is 10.1 Å². The highest BCUT2D eigenvalue weighted by Crippen LogP contribution is 2.39. The molecule has 0 aliphatic carbocycles. The maximum Gasteiger partial charge on any atom is 0.416 e. The van der Waals surface area contributed by atoms with Crippen LogP contribution in [0.4, 0.5) is 13.2 Å². The lowest BCUT2D eigenvalue weighted by Gasteiger charge is -2.56. The average Bonchev–Trinajstić information content (AvgIpc) is 3.01. The quantitative estimate of drug-likeness (QED) is 0.748. The van der Waals surface area contributed by atoms with Crippen molar-refractivity contribution in [3.8, 4) is 0 Å². The molecular formula is C19H22ClF3N2OS. The van der Waals surface area contributed by atoms with E-state index in [1.54, 1.807) is 6.07 Å². The van der Waals surface area contributed by atoms with E-state index in [1.807, 2.05) is 0 Å². The Hall–Kier alpha value is -1.31. The summed E-state index contributed by atoms with van der Waals surface area (Å²) in [6, 6.07) is 5.36. The van der Waals surface area contributed by atoms with Gasteiger partial charge in [-0.05, 0) is 69.3 Å². The van der Waals surface area contributed by atoms with Crippen LogP contribution in [0.5, 0.6) is 0 Å². The number of alkyl halides is 3. The van der Waals surface area contributed by atoms with Crippen molar-refractivity contribution in [3.05, 3.63) is 34.7 Å². The van der Waals surface area contributed by atoms with E-state index < -0.39 is 11.7 Å². The molecule has 0 unspecified atom stereocenters. The number of halogens is 4. The monoisotopic (exact) mass is 418 g/mol. The first-order chi connectivity index (χ1) is 12.2. The van der Waals surface area contributed by atoms with Crippen molar-refractivity contribution >= 4 is 39.7 Å². The van der Waals surface area contributed by atoms with Crippen LogP contribution in [0.3, 0.4) is 0 Å². The lowest BCUT2D eigenvalue weighted by Crippen LogP contribution is -2.69. The van der Waals surface area contributed by atoms with Gasteiger partial charge in [0.25, 0.3) is 5.91 Å². The van der Waals surface area contributed by atoms with Crippen molar-refractivity contribution in [1.82, 2.24) is 10.2 Å². The topological polar surface area (TPSA) is 32.3 Å². The smallest absolute Gasteiger partial charge is 0.346 e. The van der Waals surface area contributed by atoms with Crippen molar-refractivity contribution in [2.75, 3.05) is 13.1 Å². The first kappa shape index (κ1) is 20.4. The molecule has 3 nitrogen and oxygen atoms in total. The molecule has 0 saturated carbocycles. The zero-order chi connectivity index (χ0) is 18.7. The molecular weight excluding hydrogens is 397 g/mol. The van der Waals surface area contributed by atoms with Gasteiger partial charge in [0.2, 0.25) is 0 Å². The summed E-state index contributed by atoms with van der Waals surface area (Å²) >= 11 is 1.12. The van der Waals surface area contributed by atoms with Gasteiger partial charge in [-0.15, -0.1) is 23.7 Å². The minimum absolute atomic E-state index is 0. The van der Waals surface area contributed by atoms with Gasteiger partial charge in [-0.25, -0.2) is 0 Å². The van der Waals surface area contributed by atoms with Crippen LogP contribution in [-0.2, 0) is 6.18 Å². The molecule has 27 heavy (non-hydrogen) atoms. The van der Waals surface area contributed by atoms with Gasteiger partial charge in [0, 0.05) is 16.3 Å². The van der Waals surface area contributed by atoms with Crippen molar-refractivity contribution in [1.29, 1.82) is 0 Å². The van der Waals surface area contributed by atoms with Crippen LogP contribution >= 0.6 is 23.7 Å². The number of hydrogen-bond donors (Lipinski definition) is 1. The number of carbonyl (C=O) groups excluding carboxylic acids is 1. The number of carbonyl (C=O) groups is 1. The molecule has 1 amide bonds. The molecule has 1 atom stereocenters. The van der Waals surface area contributed by atoms with E-state index in [0.29, 0.717) is 20.9 Å². The number of hydrogen-bond acceptors (Lipinski definition) is 3. The Bertz CT molecular complexity index is 856. The Morgan fingerprint density at radius 2 is 1.89 bits per heavy atom. The first-order valence-electron chi connectivity index (χ1n) is 8.83. The maximum atomic E-state index is 12.9. The standard InChI is InChI=1S/C19H21F3N2OS.ClH/c1-18(2)16(11-5-7-24(18)8-6-11)23-17(25)15-9-12-3-4-13(19(20,21)22)10-14(12)26-15;/h3-4,9-11,16H,5-8H2,1-2H3,(H,23,25);1H/t16-;/m1./s1. The highest BCUT2D eigenvalue weighted by Gasteiger charge is 2.48. The maximum absolute atomic E-state index is 12.9. The van der Waals surface area contributed by atoms with Gasteiger partial charge in [-0.3, -0.25) is 9.69 Å². The number of rotatable bonds is 2. The van der Waals surface area contributed by atoms with Crippen LogP contribution in [-0.4, -0.2) is 35.5 Å². The second-order valence-corrected chi connectivity index (χ2v) is 8.87. The van der Waals surface area contributed by atoms with Crippen molar-refractivity contribution in [3.63, 3.8) is 0 Å². The van der Waals surface area contributed by atoms with Gasteiger partial charge in [0.1, 0.15) is 0 Å². The number of amides is 1. The van der Waals surface area contributed by atoms with Gasteiger partial charge in [-0.1, -0.05) is 6.07 Å². The molecule has 1 N–H and O–H groups in total. The Kier molecular flexibility index (Phi) is 5.25. The second kappa shape index (κ2) is 6.94. The second-order valence-electron chi connectivity index (χ2n) is 7.79. The minimum atomic E-state index is -4.37. The van der Waals surface area contributed by atoms with E-state index >= 15 is 0 Å². The lowest BCUT2D eigenvalue weighted by atomic mass is 9.72. The van der Waals surface area contributed by atoms with E-state index in [9.17, 15) is 18.0 Å². The van der Waals surface area contributed by atoms with Crippen LogP contribution < -0.4 is 5.32 Å². The molecule has 3 saturated heterocycles. The Labute approximate surface area is 166 Å². The third-order valence-corrected chi connectivity index (χ3v) is 7.04. The number of benzene rings is 1. The highest BCUT2D eigenvalue weighted by atomic mass is 35.5. The number of thiophene rings is 1. The fourth-order valence-corrected chi connectivity index (χ4v) is 5.41. The summed E-state index contributed by atoms with van der Waals surface area (Å²) in [5.74, 6) is 0.275. The van der Waals surface area contributed by atoms with E-state index in [0.717, 1.165) is 49.4 Å². The SMILES string of the molecule is CC1(C)[C@H](NC(=O)c2cc3ccc(C(F)(F)F)cc3s2)C2CCN1CC2.Cl. The van der Waals surface area contributed by atoms with Crippen molar-refractivity contribution in [2.45, 2.75) is 44.4 Å². The summed E-state index contributed by atoms with van der Waals surface area (Å²) in [5, 5.41) is 3.84. The summed E-state index contributed by atoms with van der Waals surface area (Å²) < 4.78 is 39.1. The fraction of sp³-hybridized carbons (Fsp3) is 0.526. The largest absolute Gasteiger partial charge is 0.416 e. The average molecular weight is 419 g/mol. The predicted octanol–water partition coefficient (Wildman–Crippen LogP) is 4.94. The molecule has 1 aromatic carbocycles. The summed E-state index contributed by atoms with van der Waals surface area (Å²) in [6.45, 7) is 6.44. The van der Waals surface area contributed by atoms with Gasteiger partial charge in [0.15, 0.2) is 0 Å². The molecule has 0 spiro atoms. The minimum Gasteiger partial charge on any atom is -0.346 e. The first-order valence-corrected chi connectivity index (χ1v) is 9.64. The zero-order valence-electron chi connectivity index (χ0n) is 15.1. The third-order valence-electron chi connectivity index (χ3n) is 5.94. The van der Waals surface area contributed by atoms with Crippen LogP contribution in [0.2, 0.25) is 0 Å². The van der Waals surface area contributed by atoms with Gasteiger partial charge in [0.05, 0.1) is 10.4 Å². The van der Waals surface area contributed by atoms with E-state index in [-0.39, 0.29) is 29.9 Å². The van der Waals surface area contributed by atoms with E-state index in [2.05, 4.69) is 24.1 Å².